The van der Waals surface area contributed by atoms with Crippen LogP contribution in [0.15, 0.2) is 36.4 Å². The van der Waals surface area contributed by atoms with Crippen LogP contribution in [0.25, 0.3) is 0 Å². The summed E-state index contributed by atoms with van der Waals surface area (Å²) in [6.07, 6.45) is 2.32. The van der Waals surface area contributed by atoms with E-state index < -0.39 is 6.10 Å². The van der Waals surface area contributed by atoms with Gasteiger partial charge in [0.25, 0.3) is 0 Å². The van der Waals surface area contributed by atoms with Gasteiger partial charge in [0.2, 0.25) is 0 Å². The first kappa shape index (κ1) is 19.9. The van der Waals surface area contributed by atoms with Crippen molar-refractivity contribution in [2.45, 2.75) is 31.8 Å². The fraction of sp³-hybridized carbons (Fsp3) is 0.429. The molecule has 0 saturated heterocycles. The van der Waals surface area contributed by atoms with Crippen molar-refractivity contribution in [3.05, 3.63) is 47.5 Å². The highest BCUT2D eigenvalue weighted by Crippen LogP contribution is 2.27. The average Bonchev–Trinajstić information content (AvgIpc) is 2.69. The zero-order valence-electron chi connectivity index (χ0n) is 16.0. The molecule has 0 amide bonds. The first-order valence-corrected chi connectivity index (χ1v) is 8.71. The lowest BCUT2D eigenvalue weighted by Gasteiger charge is -2.15. The van der Waals surface area contributed by atoms with Gasteiger partial charge >= 0.3 is 0 Å². The number of aliphatic hydroxyl groups excluding tert-OH is 1. The second kappa shape index (κ2) is 9.92. The van der Waals surface area contributed by atoms with Gasteiger partial charge in [0.15, 0.2) is 0 Å². The maximum Gasteiger partial charge on any atom is 0.122 e. The molecule has 5 nitrogen and oxygen atoms in total. The van der Waals surface area contributed by atoms with Crippen LogP contribution in [0.3, 0.4) is 0 Å². The molecule has 142 valence electrons. The molecular formula is C21H28O5. The van der Waals surface area contributed by atoms with E-state index in [2.05, 4.69) is 0 Å². The number of aliphatic hydroxyl groups is 1. The van der Waals surface area contributed by atoms with Gasteiger partial charge in [0, 0.05) is 0 Å². The predicted molar refractivity (Wildman–Crippen MR) is 102 cm³/mol. The number of rotatable bonds is 10. The van der Waals surface area contributed by atoms with Gasteiger partial charge < -0.3 is 24.1 Å². The van der Waals surface area contributed by atoms with Crippen LogP contribution in [0.2, 0.25) is 0 Å². The molecule has 0 unspecified atom stereocenters. The summed E-state index contributed by atoms with van der Waals surface area (Å²) in [5.41, 5.74) is 2.06. The van der Waals surface area contributed by atoms with Crippen LogP contribution in [0.1, 0.15) is 24.0 Å². The van der Waals surface area contributed by atoms with E-state index in [0.29, 0.717) is 12.8 Å². The van der Waals surface area contributed by atoms with Gasteiger partial charge in [-0.15, -0.1) is 0 Å². The minimum absolute atomic E-state index is 0.415. The highest BCUT2D eigenvalue weighted by Gasteiger charge is 2.12. The number of benzene rings is 2. The lowest BCUT2D eigenvalue weighted by molar-refractivity contribution is 0.154. The zero-order chi connectivity index (χ0) is 18.9. The molecule has 0 aromatic heterocycles. The summed E-state index contributed by atoms with van der Waals surface area (Å²) >= 11 is 0. The quantitative estimate of drug-likeness (QED) is 0.701. The van der Waals surface area contributed by atoms with Crippen molar-refractivity contribution in [3.63, 3.8) is 0 Å². The Bertz CT molecular complexity index is 639. The van der Waals surface area contributed by atoms with Crippen molar-refractivity contribution >= 4 is 0 Å². The molecule has 0 radical (unpaired) electrons. The minimum Gasteiger partial charge on any atom is -0.497 e. The summed E-state index contributed by atoms with van der Waals surface area (Å²) < 4.78 is 21.3. The summed E-state index contributed by atoms with van der Waals surface area (Å²) in [4.78, 5) is 0. The Morgan fingerprint density at radius 1 is 0.692 bits per heavy atom. The fourth-order valence-electron chi connectivity index (χ4n) is 2.94. The lowest BCUT2D eigenvalue weighted by atomic mass is 10.00. The Morgan fingerprint density at radius 3 is 1.46 bits per heavy atom. The van der Waals surface area contributed by atoms with Crippen LogP contribution < -0.4 is 18.9 Å². The average molecular weight is 360 g/mol. The van der Waals surface area contributed by atoms with E-state index >= 15 is 0 Å². The lowest BCUT2D eigenvalue weighted by Crippen LogP contribution is -2.10. The molecule has 0 bridgehead atoms. The number of aryl methyl sites for hydroxylation is 2. The minimum atomic E-state index is -0.415. The molecule has 2 aromatic rings. The number of ether oxygens (including phenoxy) is 4. The Balaban J connectivity index is 1.94. The van der Waals surface area contributed by atoms with E-state index in [1.54, 1.807) is 28.4 Å². The van der Waals surface area contributed by atoms with Crippen LogP contribution in [-0.4, -0.2) is 39.6 Å². The van der Waals surface area contributed by atoms with Crippen molar-refractivity contribution in [2.75, 3.05) is 28.4 Å². The standard InChI is InChI=1S/C21H28O5/c1-23-18-9-11-20(25-3)15(13-18)5-7-17(22)8-6-16-14-19(24-2)10-12-21(16)26-4/h9-14,17,22H,5-8H2,1-4H3. The predicted octanol–water partition coefficient (Wildman–Crippen LogP) is 3.65. The largest absolute Gasteiger partial charge is 0.497 e. The SMILES string of the molecule is COc1ccc(OC)c(CCC(O)CCc2cc(OC)ccc2OC)c1. The van der Waals surface area contributed by atoms with E-state index in [0.717, 1.165) is 47.0 Å². The molecule has 0 atom stereocenters. The van der Waals surface area contributed by atoms with Crippen molar-refractivity contribution in [3.8, 4) is 23.0 Å². The number of hydrogen-bond acceptors (Lipinski definition) is 5. The number of methoxy groups -OCH3 is 4. The summed E-state index contributed by atoms with van der Waals surface area (Å²) in [6.45, 7) is 0. The summed E-state index contributed by atoms with van der Waals surface area (Å²) in [6, 6.07) is 11.4. The third kappa shape index (κ3) is 5.30. The first-order valence-electron chi connectivity index (χ1n) is 8.71. The first-order chi connectivity index (χ1) is 12.6. The van der Waals surface area contributed by atoms with E-state index in [1.807, 2.05) is 36.4 Å². The molecule has 1 N–H and O–H groups in total. The fourth-order valence-corrected chi connectivity index (χ4v) is 2.94. The molecule has 0 aliphatic heterocycles. The molecule has 2 rings (SSSR count). The molecule has 0 aliphatic carbocycles. The van der Waals surface area contributed by atoms with Crippen molar-refractivity contribution in [1.29, 1.82) is 0 Å². The van der Waals surface area contributed by atoms with Gasteiger partial charge in [-0.3, -0.25) is 0 Å². The molecule has 0 heterocycles. The van der Waals surface area contributed by atoms with E-state index in [9.17, 15) is 5.11 Å². The molecule has 0 saturated carbocycles. The van der Waals surface area contributed by atoms with Gasteiger partial charge in [-0.05, 0) is 73.2 Å². The monoisotopic (exact) mass is 360 g/mol. The summed E-state index contributed by atoms with van der Waals surface area (Å²) in [7, 11) is 6.58. The van der Waals surface area contributed by atoms with E-state index in [1.165, 1.54) is 0 Å². The smallest absolute Gasteiger partial charge is 0.122 e. The van der Waals surface area contributed by atoms with Gasteiger partial charge in [-0.2, -0.15) is 0 Å². The normalized spacial score (nSPS) is 10.7. The number of hydrogen-bond donors (Lipinski definition) is 1. The second-order valence-electron chi connectivity index (χ2n) is 6.09. The topological polar surface area (TPSA) is 57.2 Å². The maximum atomic E-state index is 10.4. The van der Waals surface area contributed by atoms with Gasteiger partial charge in [-0.1, -0.05) is 0 Å². The third-order valence-electron chi connectivity index (χ3n) is 4.47. The van der Waals surface area contributed by atoms with Gasteiger partial charge in [0.1, 0.15) is 23.0 Å². The zero-order valence-corrected chi connectivity index (χ0v) is 16.0. The Kier molecular flexibility index (Phi) is 7.60. The molecule has 2 aromatic carbocycles. The summed E-state index contributed by atoms with van der Waals surface area (Å²) in [5, 5.41) is 10.4. The highest BCUT2D eigenvalue weighted by molar-refractivity contribution is 5.41. The Hall–Kier alpha value is -2.40. The van der Waals surface area contributed by atoms with Crippen LogP contribution in [0, 0.1) is 0 Å². The highest BCUT2D eigenvalue weighted by atomic mass is 16.5. The Labute approximate surface area is 155 Å². The van der Waals surface area contributed by atoms with Crippen LogP contribution in [0.4, 0.5) is 0 Å². The van der Waals surface area contributed by atoms with E-state index in [-0.39, 0.29) is 0 Å². The van der Waals surface area contributed by atoms with Crippen molar-refractivity contribution in [1.82, 2.24) is 0 Å². The van der Waals surface area contributed by atoms with Crippen molar-refractivity contribution in [2.24, 2.45) is 0 Å². The van der Waals surface area contributed by atoms with E-state index in [4.69, 9.17) is 18.9 Å². The molecule has 0 fully saturated rings. The molecule has 0 spiro atoms. The maximum absolute atomic E-state index is 10.4. The van der Waals surface area contributed by atoms with Gasteiger partial charge in [-0.25, -0.2) is 0 Å². The van der Waals surface area contributed by atoms with Gasteiger partial charge in [0.05, 0.1) is 34.5 Å². The molecule has 5 heteroatoms. The third-order valence-corrected chi connectivity index (χ3v) is 4.47. The molecule has 26 heavy (non-hydrogen) atoms. The van der Waals surface area contributed by atoms with Crippen LogP contribution in [0.5, 0.6) is 23.0 Å². The summed E-state index contributed by atoms with van der Waals surface area (Å²) in [5.74, 6) is 3.20. The molecule has 0 aliphatic rings. The van der Waals surface area contributed by atoms with Crippen LogP contribution >= 0.6 is 0 Å². The van der Waals surface area contributed by atoms with Crippen LogP contribution in [-0.2, 0) is 12.8 Å². The second-order valence-corrected chi connectivity index (χ2v) is 6.09. The Morgan fingerprint density at radius 2 is 1.12 bits per heavy atom. The van der Waals surface area contributed by atoms with Crippen molar-refractivity contribution < 1.29 is 24.1 Å². The molecular weight excluding hydrogens is 332 g/mol.